The third-order valence-electron chi connectivity index (χ3n) is 5.74. The highest BCUT2D eigenvalue weighted by atomic mass is 32.2. The lowest BCUT2D eigenvalue weighted by Crippen LogP contribution is -2.49. The van der Waals surface area contributed by atoms with Gasteiger partial charge >= 0.3 is 6.18 Å². The van der Waals surface area contributed by atoms with E-state index in [2.05, 4.69) is 15.1 Å². The van der Waals surface area contributed by atoms with Crippen LogP contribution in [0.5, 0.6) is 0 Å². The molecule has 0 spiro atoms. The van der Waals surface area contributed by atoms with Crippen molar-refractivity contribution in [2.75, 3.05) is 31.1 Å². The first-order valence-corrected chi connectivity index (χ1v) is 11.6. The second-order valence-corrected chi connectivity index (χ2v) is 9.44. The summed E-state index contributed by atoms with van der Waals surface area (Å²) < 4.78 is 57.3. The van der Waals surface area contributed by atoms with Crippen molar-refractivity contribution in [2.45, 2.75) is 11.1 Å². The van der Waals surface area contributed by atoms with Gasteiger partial charge in [0.1, 0.15) is 12.2 Å². The van der Waals surface area contributed by atoms with E-state index in [1.807, 2.05) is 29.8 Å². The summed E-state index contributed by atoms with van der Waals surface area (Å²) in [5.41, 5.74) is 1.38. The molecular weight excluding hydrogens is 469 g/mol. The van der Waals surface area contributed by atoms with Gasteiger partial charge in [-0.1, -0.05) is 6.07 Å². The zero-order chi connectivity index (χ0) is 24.0. The predicted molar refractivity (Wildman–Crippen MR) is 120 cm³/mol. The molecule has 1 aliphatic heterocycles. The van der Waals surface area contributed by atoms with Crippen molar-refractivity contribution in [3.05, 3.63) is 48.5 Å². The number of aryl methyl sites for hydroxylation is 2. The summed E-state index contributed by atoms with van der Waals surface area (Å²) in [5.74, 6) is 1.38. The molecule has 5 rings (SSSR count). The Bertz CT molecular complexity index is 1330. The van der Waals surface area contributed by atoms with Crippen LogP contribution in [0.4, 0.5) is 19.0 Å². The average Bonchev–Trinajstić information content (AvgIpc) is 3.41. The fraction of sp³-hybridized carbons (Fsp3) is 0.333. The van der Waals surface area contributed by atoms with Gasteiger partial charge in [0.05, 0.1) is 41.8 Å². The molecule has 0 radical (unpaired) electrons. The summed E-state index contributed by atoms with van der Waals surface area (Å²) >= 11 is -1.69. The standard InChI is InChI=1S/C21H21F3N8OS/c1-29-12-14(11-27-29)18-28-17-19(30(18)2)25-13-26-20(17)31-6-8-32(9-7-31)34(33)16-5-3-4-15(10-16)21(22,23)24/h3-5,10-13H,6-9H2,1-2H3. The largest absolute Gasteiger partial charge is 0.593 e. The maximum Gasteiger partial charge on any atom is 0.416 e. The summed E-state index contributed by atoms with van der Waals surface area (Å²) in [6, 6.07) is 4.67. The van der Waals surface area contributed by atoms with Crippen LogP contribution in [0.1, 0.15) is 5.56 Å². The van der Waals surface area contributed by atoms with Gasteiger partial charge in [0.25, 0.3) is 0 Å². The lowest BCUT2D eigenvalue weighted by Gasteiger charge is -2.34. The normalized spacial score (nSPS) is 16.4. The molecule has 13 heteroatoms. The van der Waals surface area contributed by atoms with Gasteiger partial charge in [0.15, 0.2) is 21.9 Å². The molecule has 0 aliphatic carbocycles. The Morgan fingerprint density at radius 2 is 1.82 bits per heavy atom. The summed E-state index contributed by atoms with van der Waals surface area (Å²) in [5, 5.41) is 4.21. The summed E-state index contributed by atoms with van der Waals surface area (Å²) in [7, 11) is 3.71. The van der Waals surface area contributed by atoms with E-state index in [1.165, 1.54) is 18.5 Å². The number of nitrogens with zero attached hydrogens (tertiary/aromatic N) is 8. The average molecular weight is 491 g/mol. The number of fused-ring (bicyclic) bond motifs is 1. The number of rotatable bonds is 4. The van der Waals surface area contributed by atoms with E-state index >= 15 is 0 Å². The van der Waals surface area contributed by atoms with E-state index in [1.54, 1.807) is 15.2 Å². The van der Waals surface area contributed by atoms with Crippen molar-refractivity contribution in [3.63, 3.8) is 0 Å². The highest BCUT2D eigenvalue weighted by Gasteiger charge is 2.34. The van der Waals surface area contributed by atoms with Crippen LogP contribution in [0.15, 0.2) is 47.9 Å². The molecule has 34 heavy (non-hydrogen) atoms. The van der Waals surface area contributed by atoms with Crippen LogP contribution in [0.25, 0.3) is 22.6 Å². The fourth-order valence-corrected chi connectivity index (χ4v) is 5.23. The molecule has 3 aromatic heterocycles. The SMILES string of the molecule is Cn1cc(-c2nc3c(N4CCN([S+]([O-])c5cccc(C(F)(F)F)c5)CC4)ncnc3n2C)cn1. The molecule has 1 aromatic carbocycles. The minimum absolute atomic E-state index is 0.138. The highest BCUT2D eigenvalue weighted by molar-refractivity contribution is 7.89. The molecular formula is C21H21F3N8OS. The topological polar surface area (TPSA) is 91.0 Å². The molecule has 1 atom stereocenters. The van der Waals surface area contributed by atoms with Gasteiger partial charge in [0, 0.05) is 39.4 Å². The molecule has 0 amide bonds. The van der Waals surface area contributed by atoms with Crippen LogP contribution in [0.3, 0.4) is 0 Å². The number of halogens is 3. The maximum absolute atomic E-state index is 13.0. The van der Waals surface area contributed by atoms with Crippen molar-refractivity contribution in [1.29, 1.82) is 0 Å². The van der Waals surface area contributed by atoms with Gasteiger partial charge in [0.2, 0.25) is 0 Å². The van der Waals surface area contributed by atoms with Crippen LogP contribution in [-0.2, 0) is 31.6 Å². The van der Waals surface area contributed by atoms with E-state index < -0.39 is 23.1 Å². The summed E-state index contributed by atoms with van der Waals surface area (Å²) in [6.45, 7) is 1.79. The Kier molecular flexibility index (Phi) is 5.70. The minimum Gasteiger partial charge on any atom is -0.593 e. The Hall–Kier alpha value is -3.16. The van der Waals surface area contributed by atoms with Gasteiger partial charge in [-0.2, -0.15) is 18.3 Å². The maximum atomic E-state index is 13.0. The highest BCUT2D eigenvalue weighted by Crippen LogP contribution is 2.32. The van der Waals surface area contributed by atoms with E-state index in [-0.39, 0.29) is 4.90 Å². The Labute approximate surface area is 196 Å². The summed E-state index contributed by atoms with van der Waals surface area (Å²) in [4.78, 5) is 15.8. The van der Waals surface area contributed by atoms with Gasteiger partial charge in [-0.25, -0.2) is 15.0 Å². The smallest absolute Gasteiger partial charge is 0.416 e. The second-order valence-electron chi connectivity index (χ2n) is 7.96. The molecule has 1 saturated heterocycles. The first-order chi connectivity index (χ1) is 16.2. The molecule has 0 bridgehead atoms. The van der Waals surface area contributed by atoms with E-state index in [0.29, 0.717) is 49.0 Å². The molecule has 1 unspecified atom stereocenters. The predicted octanol–water partition coefficient (Wildman–Crippen LogP) is 2.63. The molecule has 178 valence electrons. The third-order valence-corrected chi connectivity index (χ3v) is 7.23. The van der Waals surface area contributed by atoms with Crippen LogP contribution in [0.2, 0.25) is 0 Å². The third kappa shape index (κ3) is 4.10. The van der Waals surface area contributed by atoms with Crippen molar-refractivity contribution >= 4 is 28.3 Å². The van der Waals surface area contributed by atoms with Crippen LogP contribution in [-0.4, -0.2) is 64.3 Å². The molecule has 4 heterocycles. The molecule has 1 aliphatic rings. The van der Waals surface area contributed by atoms with Gasteiger partial charge in [-0.15, -0.1) is 4.31 Å². The first kappa shape index (κ1) is 22.6. The molecule has 4 aromatic rings. The fourth-order valence-electron chi connectivity index (χ4n) is 4.01. The van der Waals surface area contributed by atoms with Gasteiger partial charge in [-0.05, 0) is 12.1 Å². The van der Waals surface area contributed by atoms with E-state index in [4.69, 9.17) is 4.98 Å². The Morgan fingerprint density at radius 3 is 2.50 bits per heavy atom. The number of hydrogen-bond donors (Lipinski definition) is 0. The number of anilines is 1. The second kappa shape index (κ2) is 8.56. The molecule has 9 nitrogen and oxygen atoms in total. The van der Waals surface area contributed by atoms with Crippen LogP contribution < -0.4 is 4.90 Å². The number of aromatic nitrogens is 6. The number of alkyl halides is 3. The van der Waals surface area contributed by atoms with Crippen LogP contribution >= 0.6 is 0 Å². The summed E-state index contributed by atoms with van der Waals surface area (Å²) in [6.07, 6.45) is 0.612. The number of piperazine rings is 1. The minimum atomic E-state index is -4.48. The van der Waals surface area contributed by atoms with Crippen molar-refractivity contribution in [1.82, 2.24) is 33.6 Å². The van der Waals surface area contributed by atoms with Crippen molar-refractivity contribution < 1.29 is 17.7 Å². The number of imidazole rings is 1. The molecule has 0 N–H and O–H groups in total. The molecule has 1 fully saturated rings. The van der Waals surface area contributed by atoms with E-state index in [0.717, 1.165) is 17.7 Å². The zero-order valence-electron chi connectivity index (χ0n) is 18.4. The lowest BCUT2D eigenvalue weighted by atomic mass is 10.2. The Balaban J connectivity index is 1.35. The van der Waals surface area contributed by atoms with E-state index in [9.17, 15) is 17.7 Å². The lowest BCUT2D eigenvalue weighted by molar-refractivity contribution is -0.137. The monoisotopic (exact) mass is 490 g/mol. The number of benzene rings is 1. The Morgan fingerprint density at radius 1 is 1.06 bits per heavy atom. The quantitative estimate of drug-likeness (QED) is 0.406. The van der Waals surface area contributed by atoms with Crippen molar-refractivity contribution in [3.8, 4) is 11.4 Å². The first-order valence-electron chi connectivity index (χ1n) is 10.5. The number of hydrogen-bond acceptors (Lipinski definition) is 7. The van der Waals surface area contributed by atoms with Gasteiger partial charge < -0.3 is 14.0 Å². The van der Waals surface area contributed by atoms with Crippen LogP contribution in [0, 0.1) is 0 Å². The zero-order valence-corrected chi connectivity index (χ0v) is 19.2. The van der Waals surface area contributed by atoms with Gasteiger partial charge in [-0.3, -0.25) is 4.68 Å². The van der Waals surface area contributed by atoms with Crippen molar-refractivity contribution in [2.24, 2.45) is 14.1 Å². The molecule has 0 saturated carbocycles.